The summed E-state index contributed by atoms with van der Waals surface area (Å²) in [7, 11) is 4.88. The molecule has 29 heavy (non-hydrogen) atoms. The SMILES string of the molecule is Cc1cccc(-c2cccc(SSSc3cccc(-c4cccc(C)n4)n3)n2)n1. The molecule has 0 aliphatic heterocycles. The second kappa shape index (κ2) is 9.43. The number of pyridine rings is 4. The van der Waals surface area contributed by atoms with Crippen LogP contribution in [0.3, 0.4) is 0 Å². The van der Waals surface area contributed by atoms with E-state index in [0.29, 0.717) is 0 Å². The second-order valence-corrected chi connectivity index (χ2v) is 10.2. The minimum Gasteiger partial charge on any atom is -0.251 e. The van der Waals surface area contributed by atoms with Gasteiger partial charge in [-0.2, -0.15) is 0 Å². The van der Waals surface area contributed by atoms with E-state index in [4.69, 9.17) is 9.97 Å². The molecule has 0 radical (unpaired) electrons. The van der Waals surface area contributed by atoms with Gasteiger partial charge in [-0.15, -0.1) is 0 Å². The quantitative estimate of drug-likeness (QED) is 0.314. The van der Waals surface area contributed by atoms with E-state index < -0.39 is 0 Å². The molecule has 0 fully saturated rings. The molecule has 0 saturated heterocycles. The number of aryl methyl sites for hydroxylation is 2. The third kappa shape index (κ3) is 5.38. The molecule has 4 heterocycles. The molecular weight excluding hydrogens is 416 g/mol. The van der Waals surface area contributed by atoms with Crippen molar-refractivity contribution in [3.63, 3.8) is 0 Å². The van der Waals surface area contributed by atoms with E-state index in [1.54, 1.807) is 31.4 Å². The third-order valence-electron chi connectivity index (χ3n) is 3.99. The van der Waals surface area contributed by atoms with Crippen LogP contribution in [0.4, 0.5) is 0 Å². The average Bonchev–Trinajstić information content (AvgIpc) is 2.74. The van der Waals surface area contributed by atoms with E-state index in [1.165, 1.54) is 0 Å². The van der Waals surface area contributed by atoms with Crippen LogP contribution in [0.25, 0.3) is 22.8 Å². The fraction of sp³-hybridized carbons (Fsp3) is 0.0909. The molecule has 4 aromatic rings. The third-order valence-corrected chi connectivity index (χ3v) is 7.58. The van der Waals surface area contributed by atoms with Crippen LogP contribution < -0.4 is 0 Å². The van der Waals surface area contributed by atoms with Gasteiger partial charge in [0.2, 0.25) is 0 Å². The summed E-state index contributed by atoms with van der Waals surface area (Å²) in [5.41, 5.74) is 5.53. The average molecular weight is 435 g/mol. The molecule has 0 spiro atoms. The van der Waals surface area contributed by atoms with E-state index in [-0.39, 0.29) is 0 Å². The summed E-state index contributed by atoms with van der Waals surface area (Å²) in [6, 6.07) is 24.0. The van der Waals surface area contributed by atoms with Crippen molar-refractivity contribution < 1.29 is 0 Å². The lowest BCUT2D eigenvalue weighted by molar-refractivity contribution is 1.11. The highest BCUT2D eigenvalue weighted by Gasteiger charge is 2.07. The molecular formula is C22H18N4S3. The fourth-order valence-corrected chi connectivity index (χ4v) is 6.02. The van der Waals surface area contributed by atoms with Gasteiger partial charge >= 0.3 is 0 Å². The van der Waals surface area contributed by atoms with Crippen LogP contribution in [0.2, 0.25) is 0 Å². The number of hydrogen-bond acceptors (Lipinski definition) is 7. The van der Waals surface area contributed by atoms with E-state index in [9.17, 15) is 0 Å². The molecule has 144 valence electrons. The summed E-state index contributed by atoms with van der Waals surface area (Å²) in [5, 5.41) is 1.89. The van der Waals surface area contributed by atoms with Crippen molar-refractivity contribution in [3.05, 3.63) is 84.2 Å². The van der Waals surface area contributed by atoms with Gasteiger partial charge in [-0.1, -0.05) is 24.3 Å². The molecule has 0 aliphatic rings. The lowest BCUT2D eigenvalue weighted by Gasteiger charge is -2.05. The minimum absolute atomic E-state index is 0.884. The van der Waals surface area contributed by atoms with Crippen molar-refractivity contribution in [2.24, 2.45) is 0 Å². The van der Waals surface area contributed by atoms with Crippen molar-refractivity contribution in [2.75, 3.05) is 0 Å². The van der Waals surface area contributed by atoms with Gasteiger partial charge < -0.3 is 0 Å². The molecule has 4 rings (SSSR count). The largest absolute Gasteiger partial charge is 0.251 e. The Morgan fingerprint density at radius 3 is 1.28 bits per heavy atom. The first-order chi connectivity index (χ1) is 14.2. The summed E-state index contributed by atoms with van der Waals surface area (Å²) in [6.45, 7) is 3.98. The molecule has 4 aromatic heterocycles. The predicted octanol–water partition coefficient (Wildman–Crippen LogP) is 6.67. The predicted molar refractivity (Wildman–Crippen MR) is 124 cm³/mol. The maximum atomic E-state index is 4.73. The van der Waals surface area contributed by atoms with Crippen molar-refractivity contribution in [3.8, 4) is 22.8 Å². The van der Waals surface area contributed by atoms with Crippen molar-refractivity contribution >= 4 is 31.4 Å². The normalized spacial score (nSPS) is 10.8. The second-order valence-electron chi connectivity index (χ2n) is 6.29. The molecule has 7 heteroatoms. The van der Waals surface area contributed by atoms with E-state index in [0.717, 1.165) is 44.2 Å². The minimum atomic E-state index is 0.884. The standard InChI is InChI=1S/C22H18N4S3/c1-15-7-3-9-17(23-15)19-11-5-13-21(25-19)27-29-28-22-14-6-12-20(26-22)18-10-4-8-16(2)24-18/h3-14H,1-2H3. The Hall–Kier alpha value is -2.35. The molecule has 0 atom stereocenters. The zero-order valence-electron chi connectivity index (χ0n) is 15.9. The van der Waals surface area contributed by atoms with E-state index in [2.05, 4.69) is 9.97 Å². The Labute approximate surface area is 181 Å². The van der Waals surface area contributed by atoms with Crippen LogP contribution in [-0.2, 0) is 0 Å². The van der Waals surface area contributed by atoms with Gasteiger partial charge in [0.25, 0.3) is 0 Å². The van der Waals surface area contributed by atoms with Gasteiger partial charge in [0.1, 0.15) is 10.1 Å². The van der Waals surface area contributed by atoms with Gasteiger partial charge in [0, 0.05) is 11.4 Å². The number of nitrogens with zero attached hydrogens (tertiary/aromatic N) is 4. The fourth-order valence-electron chi connectivity index (χ4n) is 2.67. The Morgan fingerprint density at radius 1 is 0.483 bits per heavy atom. The van der Waals surface area contributed by atoms with Crippen molar-refractivity contribution in [2.45, 2.75) is 23.9 Å². The Balaban J connectivity index is 1.42. The van der Waals surface area contributed by atoms with Crippen molar-refractivity contribution in [1.82, 2.24) is 19.9 Å². The molecule has 0 aliphatic carbocycles. The van der Waals surface area contributed by atoms with E-state index >= 15 is 0 Å². The van der Waals surface area contributed by atoms with Crippen LogP contribution in [0.15, 0.2) is 82.8 Å². The molecule has 0 bridgehead atoms. The lowest BCUT2D eigenvalue weighted by atomic mass is 10.2. The number of hydrogen-bond donors (Lipinski definition) is 0. The van der Waals surface area contributed by atoms with Crippen molar-refractivity contribution in [1.29, 1.82) is 0 Å². The summed E-state index contributed by atoms with van der Waals surface area (Å²) < 4.78 is 0. The first kappa shape index (κ1) is 19.9. The highest BCUT2D eigenvalue weighted by Crippen LogP contribution is 2.43. The van der Waals surface area contributed by atoms with Gasteiger partial charge in [0.15, 0.2) is 0 Å². The number of aromatic nitrogens is 4. The topological polar surface area (TPSA) is 51.6 Å². The van der Waals surface area contributed by atoms with Crippen LogP contribution in [0, 0.1) is 13.8 Å². The van der Waals surface area contributed by atoms with Crippen LogP contribution in [-0.4, -0.2) is 19.9 Å². The smallest absolute Gasteiger partial charge is 0.108 e. The van der Waals surface area contributed by atoms with Gasteiger partial charge in [-0.25, -0.2) is 9.97 Å². The summed E-state index contributed by atoms with van der Waals surface area (Å²) in [6.07, 6.45) is 0. The van der Waals surface area contributed by atoms with Crippen LogP contribution in [0.1, 0.15) is 11.4 Å². The highest BCUT2D eigenvalue weighted by atomic mass is 33.5. The summed E-state index contributed by atoms with van der Waals surface area (Å²) in [4.78, 5) is 18.6. The monoisotopic (exact) mass is 434 g/mol. The Kier molecular flexibility index (Phi) is 6.49. The van der Waals surface area contributed by atoms with Gasteiger partial charge in [-0.3, -0.25) is 9.97 Å². The highest BCUT2D eigenvalue weighted by molar-refractivity contribution is 9.09. The molecule has 0 unspecified atom stereocenters. The Bertz CT molecular complexity index is 1050. The van der Waals surface area contributed by atoms with Gasteiger partial charge in [-0.05, 0) is 93.8 Å². The van der Waals surface area contributed by atoms with Crippen LogP contribution in [0.5, 0.6) is 0 Å². The summed E-state index contributed by atoms with van der Waals surface area (Å²) in [5.74, 6) is 0. The maximum absolute atomic E-state index is 4.73. The Morgan fingerprint density at radius 2 is 0.862 bits per heavy atom. The summed E-state index contributed by atoms with van der Waals surface area (Å²) >= 11 is 0. The number of rotatable bonds is 6. The first-order valence-electron chi connectivity index (χ1n) is 9.01. The maximum Gasteiger partial charge on any atom is 0.108 e. The lowest BCUT2D eigenvalue weighted by Crippen LogP contribution is -1.90. The molecule has 0 aromatic carbocycles. The molecule has 4 nitrogen and oxygen atoms in total. The first-order valence-corrected chi connectivity index (χ1v) is 12.5. The molecule has 0 saturated carbocycles. The van der Waals surface area contributed by atoms with Gasteiger partial charge in [0.05, 0.1) is 22.8 Å². The molecule has 0 N–H and O–H groups in total. The zero-order valence-corrected chi connectivity index (χ0v) is 18.4. The van der Waals surface area contributed by atoms with Crippen LogP contribution >= 0.6 is 31.4 Å². The molecule has 0 amide bonds. The van der Waals surface area contributed by atoms with E-state index in [1.807, 2.05) is 86.6 Å². The zero-order chi connectivity index (χ0) is 20.1.